The molecule has 1 N–H and O–H groups in total. The molecule has 0 radical (unpaired) electrons. The molecule has 1 aromatic heterocycles. The molecule has 2 atom stereocenters. The summed E-state index contributed by atoms with van der Waals surface area (Å²) in [6.45, 7) is 2.18. The van der Waals surface area contributed by atoms with Gasteiger partial charge in [0.1, 0.15) is 0 Å². The van der Waals surface area contributed by atoms with Gasteiger partial charge < -0.3 is 5.32 Å². The van der Waals surface area contributed by atoms with Gasteiger partial charge in [0.2, 0.25) is 5.91 Å². The summed E-state index contributed by atoms with van der Waals surface area (Å²) in [6.07, 6.45) is 2.46. The van der Waals surface area contributed by atoms with E-state index in [0.717, 1.165) is 6.42 Å². The third-order valence-corrected chi connectivity index (χ3v) is 5.74. The molecule has 0 unspecified atom stereocenters. The van der Waals surface area contributed by atoms with Gasteiger partial charge in [0.25, 0.3) is 0 Å². The molecule has 0 spiro atoms. The Kier molecular flexibility index (Phi) is 3.69. The Balaban J connectivity index is 1.78. The Labute approximate surface area is 145 Å². The number of nitrogens with zero attached hydrogens (tertiary/aromatic N) is 1. The molecule has 3 aromatic rings. The van der Waals surface area contributed by atoms with Gasteiger partial charge in [-0.15, -0.1) is 11.3 Å². The van der Waals surface area contributed by atoms with Crippen LogP contribution >= 0.6 is 11.3 Å². The minimum atomic E-state index is -0.334. The average Bonchev–Trinajstić information content (AvgIpc) is 3.23. The quantitative estimate of drug-likeness (QED) is 0.777. The van der Waals surface area contributed by atoms with Crippen molar-refractivity contribution in [2.45, 2.75) is 18.8 Å². The molecule has 2 aromatic carbocycles. The average molecular weight is 334 g/mol. The standard InChI is InChI=1S/C20H18N2OS/c1-20(15-8-3-2-4-9-15)16-10-6-5-7-14(16)13-17(20)18(23)22-19-21-11-12-24-19/h2-12,17H,13H2,1H3,(H,21,22,23)/t17-,20-/m1/s1. The topological polar surface area (TPSA) is 42.0 Å². The second kappa shape index (κ2) is 5.87. The Morgan fingerprint density at radius 3 is 2.67 bits per heavy atom. The van der Waals surface area contributed by atoms with Crippen molar-refractivity contribution in [1.82, 2.24) is 4.98 Å². The van der Waals surface area contributed by atoms with E-state index >= 15 is 0 Å². The van der Waals surface area contributed by atoms with Crippen molar-refractivity contribution in [3.63, 3.8) is 0 Å². The first kappa shape index (κ1) is 15.1. The van der Waals surface area contributed by atoms with Crippen LogP contribution in [0.2, 0.25) is 0 Å². The molecule has 1 amide bonds. The number of anilines is 1. The molecule has 4 heteroatoms. The fourth-order valence-electron chi connectivity index (χ4n) is 3.79. The summed E-state index contributed by atoms with van der Waals surface area (Å²) in [7, 11) is 0. The van der Waals surface area contributed by atoms with Crippen molar-refractivity contribution in [2.24, 2.45) is 5.92 Å². The Hall–Kier alpha value is -2.46. The molecule has 0 saturated carbocycles. The molecule has 1 aliphatic rings. The van der Waals surface area contributed by atoms with E-state index in [9.17, 15) is 4.79 Å². The fraction of sp³-hybridized carbons (Fsp3) is 0.200. The van der Waals surface area contributed by atoms with Gasteiger partial charge in [-0.25, -0.2) is 4.98 Å². The summed E-state index contributed by atoms with van der Waals surface area (Å²) < 4.78 is 0. The van der Waals surface area contributed by atoms with Gasteiger partial charge in [-0.1, -0.05) is 61.5 Å². The van der Waals surface area contributed by atoms with Crippen molar-refractivity contribution >= 4 is 22.4 Å². The lowest BCUT2D eigenvalue weighted by Gasteiger charge is -2.32. The smallest absolute Gasteiger partial charge is 0.230 e. The molecule has 3 nitrogen and oxygen atoms in total. The van der Waals surface area contributed by atoms with Crippen LogP contribution in [0.25, 0.3) is 0 Å². The lowest BCUT2D eigenvalue weighted by Crippen LogP contribution is -2.38. The van der Waals surface area contributed by atoms with Crippen LogP contribution in [0.15, 0.2) is 66.2 Å². The monoisotopic (exact) mass is 334 g/mol. The zero-order valence-corrected chi connectivity index (χ0v) is 14.2. The maximum absolute atomic E-state index is 13.0. The van der Waals surface area contributed by atoms with E-state index in [0.29, 0.717) is 5.13 Å². The number of rotatable bonds is 3. The van der Waals surface area contributed by atoms with Gasteiger partial charge in [0, 0.05) is 17.0 Å². The normalized spacial score (nSPS) is 22.1. The highest BCUT2D eigenvalue weighted by Crippen LogP contribution is 2.48. The van der Waals surface area contributed by atoms with Crippen molar-refractivity contribution in [2.75, 3.05) is 5.32 Å². The zero-order valence-electron chi connectivity index (χ0n) is 13.4. The van der Waals surface area contributed by atoms with Crippen molar-refractivity contribution in [1.29, 1.82) is 0 Å². The Bertz CT molecular complexity index is 860. The number of thiazole rings is 1. The van der Waals surface area contributed by atoms with E-state index in [4.69, 9.17) is 0 Å². The lowest BCUT2D eigenvalue weighted by atomic mass is 9.71. The SMILES string of the molecule is C[C@@]1(c2ccccc2)c2ccccc2C[C@@H]1C(=O)Nc1nccs1. The van der Waals surface area contributed by atoms with Crippen LogP contribution in [-0.4, -0.2) is 10.9 Å². The number of hydrogen-bond acceptors (Lipinski definition) is 3. The molecular weight excluding hydrogens is 316 g/mol. The number of fused-ring (bicyclic) bond motifs is 1. The fourth-order valence-corrected chi connectivity index (χ4v) is 4.32. The van der Waals surface area contributed by atoms with Crippen LogP contribution in [0.1, 0.15) is 23.6 Å². The third kappa shape index (κ3) is 2.34. The Morgan fingerprint density at radius 2 is 1.92 bits per heavy atom. The first-order chi connectivity index (χ1) is 11.7. The van der Waals surface area contributed by atoms with Gasteiger partial charge in [-0.2, -0.15) is 0 Å². The maximum atomic E-state index is 13.0. The zero-order chi connectivity index (χ0) is 16.6. The molecule has 0 saturated heterocycles. The Morgan fingerprint density at radius 1 is 1.17 bits per heavy atom. The lowest BCUT2D eigenvalue weighted by molar-refractivity contribution is -0.121. The molecule has 120 valence electrons. The van der Waals surface area contributed by atoms with Crippen LogP contribution in [0, 0.1) is 5.92 Å². The second-order valence-corrected chi connectivity index (χ2v) is 7.20. The van der Waals surface area contributed by atoms with E-state index < -0.39 is 0 Å². The van der Waals surface area contributed by atoms with Crippen LogP contribution in [0.5, 0.6) is 0 Å². The molecular formula is C20H18N2OS. The van der Waals surface area contributed by atoms with Crippen molar-refractivity contribution < 1.29 is 4.79 Å². The number of aromatic nitrogens is 1. The van der Waals surface area contributed by atoms with Crippen LogP contribution in [0.3, 0.4) is 0 Å². The summed E-state index contributed by atoms with van der Waals surface area (Å²) in [5.74, 6) is -0.117. The van der Waals surface area contributed by atoms with Crippen molar-refractivity contribution in [3.05, 3.63) is 82.9 Å². The predicted molar refractivity (Wildman–Crippen MR) is 97.3 cm³/mol. The largest absolute Gasteiger partial charge is 0.302 e. The summed E-state index contributed by atoms with van der Waals surface area (Å²) in [5, 5.41) is 5.52. The molecule has 1 heterocycles. The van der Waals surface area contributed by atoms with Crippen LogP contribution in [0.4, 0.5) is 5.13 Å². The highest BCUT2D eigenvalue weighted by molar-refractivity contribution is 7.13. The minimum Gasteiger partial charge on any atom is -0.302 e. The molecule has 0 fully saturated rings. The molecule has 24 heavy (non-hydrogen) atoms. The van der Waals surface area contributed by atoms with Crippen LogP contribution < -0.4 is 5.32 Å². The third-order valence-electron chi connectivity index (χ3n) is 5.05. The van der Waals surface area contributed by atoms with Gasteiger partial charge in [-0.05, 0) is 23.1 Å². The highest BCUT2D eigenvalue weighted by atomic mass is 32.1. The molecule has 4 rings (SSSR count). The number of benzene rings is 2. The minimum absolute atomic E-state index is 0.0347. The molecule has 0 aliphatic heterocycles. The molecule has 1 aliphatic carbocycles. The first-order valence-corrected chi connectivity index (χ1v) is 8.92. The first-order valence-electron chi connectivity index (χ1n) is 8.04. The predicted octanol–water partition coefficient (Wildman–Crippen LogP) is 4.26. The van der Waals surface area contributed by atoms with Gasteiger partial charge in [0.15, 0.2) is 5.13 Å². The van der Waals surface area contributed by atoms with Crippen LogP contribution in [-0.2, 0) is 16.6 Å². The summed E-state index contributed by atoms with van der Waals surface area (Å²) >= 11 is 1.45. The van der Waals surface area contributed by atoms with E-state index in [1.807, 2.05) is 29.6 Å². The van der Waals surface area contributed by atoms with Gasteiger partial charge >= 0.3 is 0 Å². The number of amides is 1. The summed E-state index contributed by atoms with van der Waals surface area (Å²) in [6, 6.07) is 18.7. The van der Waals surface area contributed by atoms with E-state index in [1.165, 1.54) is 28.0 Å². The van der Waals surface area contributed by atoms with E-state index in [2.05, 4.69) is 47.6 Å². The van der Waals surface area contributed by atoms with Gasteiger partial charge in [-0.3, -0.25) is 4.79 Å². The summed E-state index contributed by atoms with van der Waals surface area (Å²) in [5.41, 5.74) is 3.34. The highest BCUT2D eigenvalue weighted by Gasteiger charge is 2.47. The number of nitrogens with one attached hydrogen (secondary N) is 1. The summed E-state index contributed by atoms with van der Waals surface area (Å²) in [4.78, 5) is 17.2. The number of carbonyl (C=O) groups excluding carboxylic acids is 1. The van der Waals surface area contributed by atoms with E-state index in [1.54, 1.807) is 6.20 Å². The maximum Gasteiger partial charge on any atom is 0.230 e. The van der Waals surface area contributed by atoms with Gasteiger partial charge in [0.05, 0.1) is 5.92 Å². The van der Waals surface area contributed by atoms with E-state index in [-0.39, 0.29) is 17.2 Å². The number of hydrogen-bond donors (Lipinski definition) is 1. The van der Waals surface area contributed by atoms with Crippen molar-refractivity contribution in [3.8, 4) is 0 Å². The second-order valence-electron chi connectivity index (χ2n) is 6.31. The molecule has 0 bridgehead atoms. The number of carbonyl (C=O) groups is 1.